The number of ether oxygens (including phenoxy) is 3. The number of carbonyl (C=O) groups is 5. The third-order valence-electron chi connectivity index (χ3n) is 6.97. The number of unbranched alkanes of at least 4 members (excludes halogenated alkanes) is 7. The highest BCUT2D eigenvalue weighted by Crippen LogP contribution is 2.14. The predicted octanol–water partition coefficient (Wildman–Crippen LogP) is 4.53. The van der Waals surface area contributed by atoms with Gasteiger partial charge in [0.2, 0.25) is 11.8 Å². The zero-order chi connectivity index (χ0) is 33.1. The van der Waals surface area contributed by atoms with Gasteiger partial charge in [-0.2, -0.15) is 0 Å². The van der Waals surface area contributed by atoms with Crippen LogP contribution in [0.1, 0.15) is 107 Å². The van der Waals surface area contributed by atoms with Crippen molar-refractivity contribution in [3.63, 3.8) is 0 Å². The maximum absolute atomic E-state index is 12.2. The van der Waals surface area contributed by atoms with Gasteiger partial charge in [-0.15, -0.1) is 0 Å². The van der Waals surface area contributed by atoms with Crippen LogP contribution in [0.5, 0.6) is 5.75 Å². The van der Waals surface area contributed by atoms with Crippen molar-refractivity contribution in [2.75, 3.05) is 39.6 Å². The number of aliphatic carboxylic acids is 1. The van der Waals surface area contributed by atoms with Crippen molar-refractivity contribution >= 4 is 29.5 Å². The molecule has 45 heavy (non-hydrogen) atoms. The number of ketones is 1. The molecular weight excluding hydrogens is 584 g/mol. The molecule has 0 fully saturated rings. The number of amides is 2. The van der Waals surface area contributed by atoms with Gasteiger partial charge in [0.25, 0.3) is 0 Å². The largest absolute Gasteiger partial charge is 0.494 e. The minimum atomic E-state index is -1.15. The molecule has 0 aliphatic carbocycles. The van der Waals surface area contributed by atoms with E-state index in [-0.39, 0.29) is 62.1 Å². The Balaban J connectivity index is 2.01. The molecule has 0 spiro atoms. The van der Waals surface area contributed by atoms with E-state index in [0.717, 1.165) is 51.4 Å². The molecule has 0 aliphatic heterocycles. The Bertz CT molecular complexity index is 1000. The molecular formula is C33H52N2O10. The van der Waals surface area contributed by atoms with Gasteiger partial charge in [-0.25, -0.2) is 9.59 Å². The van der Waals surface area contributed by atoms with E-state index in [2.05, 4.69) is 10.6 Å². The summed E-state index contributed by atoms with van der Waals surface area (Å²) in [6, 6.07) is 5.24. The number of aromatic carboxylic acids is 1. The lowest BCUT2D eigenvalue weighted by molar-refractivity contribution is -0.142. The summed E-state index contributed by atoms with van der Waals surface area (Å²) < 4.78 is 16.3. The Morgan fingerprint density at radius 1 is 0.711 bits per heavy atom. The fraction of sp³-hybridized carbons (Fsp3) is 0.667. The Morgan fingerprint density at radius 3 is 2.04 bits per heavy atom. The highest BCUT2D eigenvalue weighted by molar-refractivity contribution is 5.87. The first-order valence-electron chi connectivity index (χ1n) is 16.1. The highest BCUT2D eigenvalue weighted by atomic mass is 16.5. The monoisotopic (exact) mass is 636 g/mol. The number of hydrogen-bond donors (Lipinski definition) is 4. The summed E-state index contributed by atoms with van der Waals surface area (Å²) in [6.07, 6.45) is 9.56. The number of nitrogens with one attached hydrogen (secondary N) is 2. The van der Waals surface area contributed by atoms with Gasteiger partial charge in [0, 0.05) is 32.4 Å². The molecule has 0 saturated carbocycles. The molecule has 0 heterocycles. The van der Waals surface area contributed by atoms with Crippen molar-refractivity contribution in [1.29, 1.82) is 0 Å². The second kappa shape index (κ2) is 25.8. The van der Waals surface area contributed by atoms with E-state index >= 15 is 0 Å². The van der Waals surface area contributed by atoms with Crippen LogP contribution in [0, 0.1) is 0 Å². The van der Waals surface area contributed by atoms with Crippen molar-refractivity contribution in [3.8, 4) is 5.75 Å². The number of carboxylic acid groups (broad SMARTS) is 2. The second-order valence-electron chi connectivity index (χ2n) is 10.9. The zero-order valence-electron chi connectivity index (χ0n) is 26.7. The second-order valence-corrected chi connectivity index (χ2v) is 10.9. The normalized spacial score (nSPS) is 11.5. The van der Waals surface area contributed by atoms with Crippen LogP contribution in [-0.2, 0) is 28.7 Å². The summed E-state index contributed by atoms with van der Waals surface area (Å²) in [7, 11) is 0. The van der Waals surface area contributed by atoms with Crippen molar-refractivity contribution < 1.29 is 48.4 Å². The molecule has 0 radical (unpaired) electrons. The molecule has 0 aliphatic rings. The maximum atomic E-state index is 12.2. The van der Waals surface area contributed by atoms with Crippen molar-refractivity contribution in [1.82, 2.24) is 10.6 Å². The molecule has 254 valence electrons. The minimum Gasteiger partial charge on any atom is -0.494 e. The fourth-order valence-electron chi connectivity index (χ4n) is 4.32. The number of hydrogen-bond acceptors (Lipinski definition) is 8. The first-order chi connectivity index (χ1) is 21.7. The average molecular weight is 637 g/mol. The quantitative estimate of drug-likeness (QED) is 0.0913. The lowest BCUT2D eigenvalue weighted by Crippen LogP contribution is -2.41. The third-order valence-corrected chi connectivity index (χ3v) is 6.97. The smallest absolute Gasteiger partial charge is 0.335 e. The molecule has 1 atom stereocenters. The van der Waals surface area contributed by atoms with Gasteiger partial charge in [-0.3, -0.25) is 14.4 Å². The van der Waals surface area contributed by atoms with E-state index < -0.39 is 18.0 Å². The number of carboxylic acids is 2. The predicted molar refractivity (Wildman–Crippen MR) is 168 cm³/mol. The van der Waals surface area contributed by atoms with Gasteiger partial charge in [-0.05, 0) is 56.4 Å². The van der Waals surface area contributed by atoms with Crippen LogP contribution in [-0.4, -0.2) is 85.4 Å². The Morgan fingerprint density at radius 2 is 1.38 bits per heavy atom. The molecule has 4 N–H and O–H groups in total. The van der Waals surface area contributed by atoms with Crippen LogP contribution in [0.15, 0.2) is 24.3 Å². The standard InChI is InChI=1S/C33H52N2O10/c1-2-3-20-34-31(38)25-44-24-23-43-21-11-12-27(36)16-19-29(33(41)42)35-30(37)13-9-7-5-4-6-8-10-22-45-28-17-14-26(15-18-28)32(39)40/h14-15,17-18,29H,2-13,16,19-25H2,1H3,(H,34,38)(H,35,37)(H,39,40)(H,41,42)/t29-/m0/s1. The summed E-state index contributed by atoms with van der Waals surface area (Å²) in [4.78, 5) is 58.4. The lowest BCUT2D eigenvalue weighted by Gasteiger charge is -2.14. The topological polar surface area (TPSA) is 178 Å². The van der Waals surface area contributed by atoms with Crippen LogP contribution in [0.3, 0.4) is 0 Å². The molecule has 0 saturated heterocycles. The fourth-order valence-corrected chi connectivity index (χ4v) is 4.32. The van der Waals surface area contributed by atoms with Crippen LogP contribution >= 0.6 is 0 Å². The zero-order valence-corrected chi connectivity index (χ0v) is 26.7. The van der Waals surface area contributed by atoms with Gasteiger partial charge in [0.1, 0.15) is 24.2 Å². The lowest BCUT2D eigenvalue weighted by atomic mass is 10.1. The Kier molecular flexibility index (Phi) is 22.6. The van der Waals surface area contributed by atoms with Gasteiger partial charge >= 0.3 is 11.9 Å². The van der Waals surface area contributed by atoms with Crippen LogP contribution < -0.4 is 15.4 Å². The molecule has 0 bridgehead atoms. The Labute approximate surface area is 266 Å². The number of benzene rings is 1. The summed E-state index contributed by atoms with van der Waals surface area (Å²) >= 11 is 0. The van der Waals surface area contributed by atoms with Crippen molar-refractivity contribution in [3.05, 3.63) is 29.8 Å². The molecule has 1 aromatic rings. The molecule has 1 rings (SSSR count). The molecule has 12 heteroatoms. The first kappa shape index (κ1) is 39.5. The minimum absolute atomic E-state index is 0.0113. The van der Waals surface area contributed by atoms with Crippen LogP contribution in [0.25, 0.3) is 0 Å². The van der Waals surface area contributed by atoms with Crippen LogP contribution in [0.4, 0.5) is 0 Å². The highest BCUT2D eigenvalue weighted by Gasteiger charge is 2.20. The van der Waals surface area contributed by atoms with E-state index in [0.29, 0.717) is 45.0 Å². The molecule has 0 unspecified atom stereocenters. The van der Waals surface area contributed by atoms with E-state index in [4.69, 9.17) is 19.3 Å². The van der Waals surface area contributed by atoms with E-state index in [1.54, 1.807) is 12.1 Å². The number of carbonyl (C=O) groups excluding carboxylic acids is 3. The summed E-state index contributed by atoms with van der Waals surface area (Å²) in [6.45, 7) is 4.19. The summed E-state index contributed by atoms with van der Waals surface area (Å²) in [5.74, 6) is -2.03. The van der Waals surface area contributed by atoms with Crippen molar-refractivity contribution in [2.45, 2.75) is 103 Å². The number of rotatable bonds is 29. The first-order valence-corrected chi connectivity index (χ1v) is 16.1. The van der Waals surface area contributed by atoms with Gasteiger partial charge in [0.15, 0.2) is 0 Å². The summed E-state index contributed by atoms with van der Waals surface area (Å²) in [5, 5.41) is 23.7. The van der Waals surface area contributed by atoms with E-state index in [1.807, 2.05) is 6.92 Å². The molecule has 12 nitrogen and oxygen atoms in total. The molecule has 1 aromatic carbocycles. The van der Waals surface area contributed by atoms with E-state index in [1.165, 1.54) is 12.1 Å². The molecule has 0 aromatic heterocycles. The third kappa shape index (κ3) is 21.8. The number of Topliss-reactive ketones (excluding diaryl/α,β-unsaturated/α-hetero) is 1. The molecule has 2 amide bonds. The van der Waals surface area contributed by atoms with Gasteiger partial charge in [0.05, 0.1) is 25.4 Å². The SMILES string of the molecule is CCCCNC(=O)COCCOCCCC(=O)CC[C@H](NC(=O)CCCCCCCCCOc1ccc(C(=O)O)cc1)C(=O)O. The van der Waals surface area contributed by atoms with Crippen molar-refractivity contribution in [2.24, 2.45) is 0 Å². The van der Waals surface area contributed by atoms with E-state index in [9.17, 15) is 29.1 Å². The average Bonchev–Trinajstić information content (AvgIpc) is 3.01. The van der Waals surface area contributed by atoms with Gasteiger partial charge in [-0.1, -0.05) is 45.4 Å². The Hall–Kier alpha value is -3.51. The maximum Gasteiger partial charge on any atom is 0.335 e. The van der Waals surface area contributed by atoms with Gasteiger partial charge < -0.3 is 35.1 Å². The van der Waals surface area contributed by atoms with Crippen LogP contribution in [0.2, 0.25) is 0 Å². The summed E-state index contributed by atoms with van der Waals surface area (Å²) in [5.41, 5.74) is 0.226.